The van der Waals surface area contributed by atoms with Gasteiger partial charge < -0.3 is 0 Å². The molecule has 1 aliphatic heterocycles. The summed E-state index contributed by atoms with van der Waals surface area (Å²) in [6, 6.07) is 0. The average Bonchev–Trinajstić information content (AvgIpc) is 2.00. The highest BCUT2D eigenvalue weighted by molar-refractivity contribution is 6.25. The molecule has 15 heavy (non-hydrogen) atoms. The van der Waals surface area contributed by atoms with Crippen molar-refractivity contribution in [2.24, 2.45) is 0 Å². The molecule has 1 rings (SSSR count). The second-order valence-electron chi connectivity index (χ2n) is 2.71. The minimum absolute atomic E-state index is 0.237. The van der Waals surface area contributed by atoms with Crippen LogP contribution in [0, 0.1) is 0 Å². The SMILES string of the molecule is FC(F)(F)N1C=CC=CC1(Cl)C(F)(F)F. The zero-order valence-corrected chi connectivity index (χ0v) is 7.66. The van der Waals surface area contributed by atoms with E-state index < -0.39 is 22.4 Å². The molecular formula is C7H4ClF6N. The molecule has 0 saturated carbocycles. The van der Waals surface area contributed by atoms with Gasteiger partial charge >= 0.3 is 12.5 Å². The fourth-order valence-corrected chi connectivity index (χ4v) is 1.23. The van der Waals surface area contributed by atoms with Crippen molar-refractivity contribution in [3.63, 3.8) is 0 Å². The van der Waals surface area contributed by atoms with Crippen LogP contribution in [-0.4, -0.2) is 22.4 Å². The van der Waals surface area contributed by atoms with E-state index in [9.17, 15) is 26.3 Å². The summed E-state index contributed by atoms with van der Waals surface area (Å²) in [4.78, 5) is -4.47. The van der Waals surface area contributed by atoms with Crippen molar-refractivity contribution in [3.05, 3.63) is 24.4 Å². The molecule has 0 aliphatic carbocycles. The van der Waals surface area contributed by atoms with Crippen LogP contribution in [0.2, 0.25) is 0 Å². The Morgan fingerprint density at radius 2 is 1.53 bits per heavy atom. The van der Waals surface area contributed by atoms with Gasteiger partial charge in [0.2, 0.25) is 5.00 Å². The molecule has 0 spiro atoms. The van der Waals surface area contributed by atoms with E-state index in [2.05, 4.69) is 0 Å². The van der Waals surface area contributed by atoms with E-state index in [1.54, 1.807) is 0 Å². The van der Waals surface area contributed by atoms with Gasteiger partial charge in [0.05, 0.1) is 0 Å². The lowest BCUT2D eigenvalue weighted by atomic mass is 10.2. The normalized spacial score (nSPS) is 27.3. The van der Waals surface area contributed by atoms with Gasteiger partial charge in [0.1, 0.15) is 0 Å². The molecule has 1 heterocycles. The number of alkyl halides is 7. The summed E-state index contributed by atoms with van der Waals surface area (Å²) in [6.07, 6.45) is -8.32. The van der Waals surface area contributed by atoms with Gasteiger partial charge in [-0.1, -0.05) is 17.7 Å². The first-order valence-corrected chi connectivity index (χ1v) is 3.94. The Kier molecular flexibility index (Phi) is 2.71. The lowest BCUT2D eigenvalue weighted by Crippen LogP contribution is -2.57. The summed E-state index contributed by atoms with van der Waals surface area (Å²) in [7, 11) is 0. The van der Waals surface area contributed by atoms with Crippen molar-refractivity contribution in [1.29, 1.82) is 0 Å². The molecule has 1 atom stereocenters. The highest BCUT2D eigenvalue weighted by Gasteiger charge is 2.62. The average molecular weight is 252 g/mol. The Labute approximate surface area is 85.6 Å². The Morgan fingerprint density at radius 3 is 1.87 bits per heavy atom. The zero-order chi connectivity index (χ0) is 11.9. The first kappa shape index (κ1) is 12.2. The molecule has 1 aliphatic rings. The molecule has 0 aromatic carbocycles. The molecular weight excluding hydrogens is 248 g/mol. The van der Waals surface area contributed by atoms with Gasteiger partial charge in [-0.3, -0.25) is 4.90 Å². The third-order valence-electron chi connectivity index (χ3n) is 1.68. The van der Waals surface area contributed by atoms with Crippen molar-refractivity contribution in [3.8, 4) is 0 Å². The van der Waals surface area contributed by atoms with E-state index in [4.69, 9.17) is 11.6 Å². The molecule has 0 N–H and O–H groups in total. The zero-order valence-electron chi connectivity index (χ0n) is 6.90. The largest absolute Gasteiger partial charge is 0.486 e. The van der Waals surface area contributed by atoms with E-state index in [0.717, 1.165) is 12.2 Å². The van der Waals surface area contributed by atoms with Gasteiger partial charge in [0, 0.05) is 6.20 Å². The number of hydrogen-bond acceptors (Lipinski definition) is 1. The summed E-state index contributed by atoms with van der Waals surface area (Å²) in [5.41, 5.74) is 0. The maximum absolute atomic E-state index is 12.3. The monoisotopic (exact) mass is 251 g/mol. The lowest BCUT2D eigenvalue weighted by molar-refractivity contribution is -0.286. The van der Waals surface area contributed by atoms with Crippen LogP contribution in [0.3, 0.4) is 0 Å². The topological polar surface area (TPSA) is 3.24 Å². The molecule has 0 aromatic heterocycles. The summed E-state index contributed by atoms with van der Waals surface area (Å²) in [5.74, 6) is 0. The van der Waals surface area contributed by atoms with Crippen molar-refractivity contribution >= 4 is 11.6 Å². The Hall–Kier alpha value is -0.850. The lowest BCUT2D eigenvalue weighted by Gasteiger charge is -2.39. The number of rotatable bonds is 0. The molecule has 1 nitrogen and oxygen atoms in total. The second-order valence-corrected chi connectivity index (χ2v) is 3.29. The fourth-order valence-electron chi connectivity index (χ4n) is 1.01. The van der Waals surface area contributed by atoms with E-state index in [1.807, 2.05) is 0 Å². The van der Waals surface area contributed by atoms with Crippen LogP contribution >= 0.6 is 11.6 Å². The summed E-state index contributed by atoms with van der Waals surface area (Å²) >= 11 is 4.94. The predicted molar refractivity (Wildman–Crippen MR) is 40.8 cm³/mol. The van der Waals surface area contributed by atoms with Crippen molar-refractivity contribution in [2.75, 3.05) is 0 Å². The molecule has 8 heteroatoms. The maximum Gasteiger partial charge on any atom is 0.486 e. The quantitative estimate of drug-likeness (QED) is 0.362. The highest BCUT2D eigenvalue weighted by Crippen LogP contribution is 2.46. The van der Waals surface area contributed by atoms with E-state index >= 15 is 0 Å². The molecule has 86 valence electrons. The first-order valence-electron chi connectivity index (χ1n) is 3.57. The Bertz CT molecular complexity index is 304. The molecule has 0 saturated heterocycles. The van der Waals surface area contributed by atoms with E-state index in [-0.39, 0.29) is 12.3 Å². The minimum atomic E-state index is -5.23. The van der Waals surface area contributed by atoms with Crippen molar-refractivity contribution < 1.29 is 26.3 Å². The highest BCUT2D eigenvalue weighted by atomic mass is 35.5. The molecule has 0 aromatic rings. The number of halogens is 7. The molecule has 0 fully saturated rings. The van der Waals surface area contributed by atoms with Gasteiger partial charge in [0.15, 0.2) is 0 Å². The standard InChI is InChI=1S/C7H4ClF6N/c8-5(6(9,10)11)3-1-2-4-15(5)7(12,13)14/h1-4H. The van der Waals surface area contributed by atoms with Crippen LogP contribution in [-0.2, 0) is 0 Å². The van der Waals surface area contributed by atoms with Gasteiger partial charge in [0.25, 0.3) is 0 Å². The van der Waals surface area contributed by atoms with Gasteiger partial charge in [-0.25, -0.2) is 0 Å². The third-order valence-corrected chi connectivity index (χ3v) is 2.21. The number of hydrogen-bond donors (Lipinski definition) is 0. The van der Waals surface area contributed by atoms with Crippen LogP contribution in [0.4, 0.5) is 26.3 Å². The Morgan fingerprint density at radius 1 is 1.00 bits per heavy atom. The van der Waals surface area contributed by atoms with Crippen molar-refractivity contribution in [2.45, 2.75) is 17.5 Å². The maximum atomic E-state index is 12.3. The molecule has 1 unspecified atom stereocenters. The smallest absolute Gasteiger partial charge is 0.259 e. The van der Waals surface area contributed by atoms with Gasteiger partial charge in [-0.05, 0) is 12.2 Å². The Balaban J connectivity index is 3.17. The molecule has 0 amide bonds. The van der Waals surface area contributed by atoms with Gasteiger partial charge in [-0.15, -0.1) is 0 Å². The van der Waals surface area contributed by atoms with Crippen LogP contribution in [0.1, 0.15) is 0 Å². The van der Waals surface area contributed by atoms with E-state index in [1.165, 1.54) is 0 Å². The van der Waals surface area contributed by atoms with Gasteiger partial charge in [-0.2, -0.15) is 26.3 Å². The minimum Gasteiger partial charge on any atom is -0.259 e. The summed E-state index contributed by atoms with van der Waals surface area (Å²) in [6.45, 7) is 0. The predicted octanol–water partition coefficient (Wildman–Crippen LogP) is 3.39. The molecule has 0 bridgehead atoms. The summed E-state index contributed by atoms with van der Waals surface area (Å²) in [5, 5.41) is 0. The third kappa shape index (κ3) is 2.06. The summed E-state index contributed by atoms with van der Waals surface area (Å²) < 4.78 is 73.7. The molecule has 0 radical (unpaired) electrons. The first-order chi connectivity index (χ1) is 6.59. The van der Waals surface area contributed by atoms with Crippen LogP contribution in [0.5, 0.6) is 0 Å². The second kappa shape index (κ2) is 3.33. The number of nitrogens with zero attached hydrogens (tertiary/aromatic N) is 1. The van der Waals surface area contributed by atoms with Crippen LogP contribution in [0.15, 0.2) is 24.4 Å². The number of allylic oxidation sites excluding steroid dienone is 2. The van der Waals surface area contributed by atoms with Crippen LogP contribution in [0.25, 0.3) is 0 Å². The fraction of sp³-hybridized carbons (Fsp3) is 0.429. The van der Waals surface area contributed by atoms with E-state index in [0.29, 0.717) is 0 Å². The van der Waals surface area contributed by atoms with Crippen LogP contribution < -0.4 is 0 Å². The van der Waals surface area contributed by atoms with Crippen molar-refractivity contribution in [1.82, 2.24) is 4.90 Å².